The molecule has 0 radical (unpaired) electrons. The van der Waals surface area contributed by atoms with Crippen molar-refractivity contribution in [2.45, 2.75) is 25.4 Å². The highest BCUT2D eigenvalue weighted by molar-refractivity contribution is 7.09. The lowest BCUT2D eigenvalue weighted by Gasteiger charge is -2.21. The van der Waals surface area contributed by atoms with E-state index in [9.17, 15) is 4.79 Å². The molecule has 0 aromatic carbocycles. The van der Waals surface area contributed by atoms with Crippen molar-refractivity contribution in [3.05, 3.63) is 46.5 Å². The smallest absolute Gasteiger partial charge is 0.256 e. The highest BCUT2D eigenvalue weighted by atomic mass is 32.1. The van der Waals surface area contributed by atoms with Gasteiger partial charge in [-0.15, -0.1) is 11.3 Å². The molecule has 0 saturated heterocycles. The molecule has 1 saturated carbocycles. The van der Waals surface area contributed by atoms with E-state index in [-0.39, 0.29) is 5.91 Å². The summed E-state index contributed by atoms with van der Waals surface area (Å²) in [4.78, 5) is 24.7. The van der Waals surface area contributed by atoms with Crippen molar-refractivity contribution in [3.63, 3.8) is 0 Å². The Hall–Kier alpha value is -2.21. The maximum atomic E-state index is 12.9. The standard InChI is InChI=1S/C16H16N4OS/c1-19-10-18-14-7-11(8-17-15(14)19)16(21)20(12-4-5-12)9-13-3-2-6-22-13/h2-3,6-8,10,12H,4-5,9H2,1H3. The molecule has 0 N–H and O–H groups in total. The minimum absolute atomic E-state index is 0.0518. The molecule has 6 heteroatoms. The number of amides is 1. The van der Waals surface area contributed by atoms with E-state index in [4.69, 9.17) is 0 Å². The zero-order valence-corrected chi connectivity index (χ0v) is 13.1. The zero-order chi connectivity index (χ0) is 15.1. The Kier molecular flexibility index (Phi) is 3.18. The number of aryl methyl sites for hydroxylation is 1. The number of thiophene rings is 1. The lowest BCUT2D eigenvalue weighted by atomic mass is 10.2. The van der Waals surface area contributed by atoms with Crippen LogP contribution in [0.1, 0.15) is 28.1 Å². The van der Waals surface area contributed by atoms with Crippen LogP contribution in [0, 0.1) is 0 Å². The van der Waals surface area contributed by atoms with E-state index in [2.05, 4.69) is 16.0 Å². The Morgan fingerprint density at radius 2 is 2.32 bits per heavy atom. The molecule has 5 nitrogen and oxygen atoms in total. The van der Waals surface area contributed by atoms with Crippen LogP contribution in [0.5, 0.6) is 0 Å². The second-order valence-electron chi connectivity index (χ2n) is 5.67. The fourth-order valence-corrected chi connectivity index (χ4v) is 3.33. The van der Waals surface area contributed by atoms with E-state index in [1.54, 1.807) is 23.9 Å². The third-order valence-electron chi connectivity index (χ3n) is 3.95. The molecule has 1 aliphatic carbocycles. The average Bonchev–Trinajstić information content (AvgIpc) is 3.12. The molecule has 1 aliphatic rings. The summed E-state index contributed by atoms with van der Waals surface area (Å²) in [5.74, 6) is 0.0518. The zero-order valence-electron chi connectivity index (χ0n) is 12.3. The summed E-state index contributed by atoms with van der Waals surface area (Å²) in [6.45, 7) is 0.682. The minimum Gasteiger partial charge on any atom is -0.330 e. The average molecular weight is 312 g/mol. The largest absolute Gasteiger partial charge is 0.330 e. The highest BCUT2D eigenvalue weighted by Crippen LogP contribution is 2.30. The summed E-state index contributed by atoms with van der Waals surface area (Å²) in [6.07, 6.45) is 5.57. The molecule has 4 rings (SSSR count). The lowest BCUT2D eigenvalue weighted by Crippen LogP contribution is -2.32. The van der Waals surface area contributed by atoms with Gasteiger partial charge >= 0.3 is 0 Å². The van der Waals surface area contributed by atoms with Crippen LogP contribution >= 0.6 is 11.3 Å². The first-order valence-electron chi connectivity index (χ1n) is 7.33. The number of carbonyl (C=O) groups excluding carboxylic acids is 1. The fourth-order valence-electron chi connectivity index (χ4n) is 2.62. The van der Waals surface area contributed by atoms with Crippen molar-refractivity contribution in [3.8, 4) is 0 Å². The van der Waals surface area contributed by atoms with Gasteiger partial charge in [-0.2, -0.15) is 0 Å². The molecule has 1 fully saturated rings. The molecule has 0 atom stereocenters. The number of carbonyl (C=O) groups is 1. The molecule has 3 aromatic heterocycles. The van der Waals surface area contributed by atoms with Crippen LogP contribution in [0.3, 0.4) is 0 Å². The van der Waals surface area contributed by atoms with Gasteiger partial charge in [-0.25, -0.2) is 9.97 Å². The van der Waals surface area contributed by atoms with Crippen molar-refractivity contribution >= 4 is 28.4 Å². The van der Waals surface area contributed by atoms with Crippen LogP contribution in [0.15, 0.2) is 36.1 Å². The van der Waals surface area contributed by atoms with Crippen molar-refractivity contribution in [2.75, 3.05) is 0 Å². The van der Waals surface area contributed by atoms with Crippen LogP contribution in [0.4, 0.5) is 0 Å². The molecule has 1 amide bonds. The second kappa shape index (κ2) is 5.21. The number of aromatic nitrogens is 3. The molecule has 0 bridgehead atoms. The predicted molar refractivity (Wildman–Crippen MR) is 85.7 cm³/mol. The molecule has 0 spiro atoms. The lowest BCUT2D eigenvalue weighted by molar-refractivity contribution is 0.0731. The van der Waals surface area contributed by atoms with Gasteiger partial charge in [0.05, 0.1) is 18.4 Å². The first-order chi connectivity index (χ1) is 10.7. The van der Waals surface area contributed by atoms with Gasteiger partial charge in [0.1, 0.15) is 5.52 Å². The van der Waals surface area contributed by atoms with E-state index < -0.39 is 0 Å². The van der Waals surface area contributed by atoms with Gasteiger partial charge in [0.15, 0.2) is 5.65 Å². The maximum absolute atomic E-state index is 12.9. The molecule has 22 heavy (non-hydrogen) atoms. The summed E-state index contributed by atoms with van der Waals surface area (Å²) in [5.41, 5.74) is 2.18. The van der Waals surface area contributed by atoms with Crippen molar-refractivity contribution in [1.29, 1.82) is 0 Å². The van der Waals surface area contributed by atoms with Gasteiger partial charge in [0, 0.05) is 24.2 Å². The summed E-state index contributed by atoms with van der Waals surface area (Å²) in [7, 11) is 1.90. The third-order valence-corrected chi connectivity index (χ3v) is 4.81. The van der Waals surface area contributed by atoms with Gasteiger partial charge in [-0.1, -0.05) is 6.07 Å². The number of hydrogen-bond acceptors (Lipinski definition) is 4. The first kappa shape index (κ1) is 13.5. The van der Waals surface area contributed by atoms with Gasteiger partial charge in [-0.05, 0) is 30.4 Å². The van der Waals surface area contributed by atoms with Gasteiger partial charge in [0.25, 0.3) is 5.91 Å². The first-order valence-corrected chi connectivity index (χ1v) is 8.21. The van der Waals surface area contributed by atoms with E-state index in [1.807, 2.05) is 34.0 Å². The van der Waals surface area contributed by atoms with Crippen molar-refractivity contribution in [2.24, 2.45) is 7.05 Å². The molecular weight excluding hydrogens is 296 g/mol. The van der Waals surface area contributed by atoms with E-state index in [0.717, 1.165) is 24.0 Å². The molecule has 112 valence electrons. The monoisotopic (exact) mass is 312 g/mol. The SMILES string of the molecule is Cn1cnc2cc(C(=O)N(Cc3cccs3)C3CC3)cnc21. The van der Waals surface area contributed by atoms with Crippen molar-refractivity contribution in [1.82, 2.24) is 19.4 Å². The molecule has 3 aromatic rings. The number of nitrogens with zero attached hydrogens (tertiary/aromatic N) is 4. The van der Waals surface area contributed by atoms with Gasteiger partial charge in [-0.3, -0.25) is 4.79 Å². The summed E-state index contributed by atoms with van der Waals surface area (Å²) >= 11 is 1.69. The molecular formula is C16H16N4OS. The van der Waals surface area contributed by atoms with Crippen LogP contribution in [-0.2, 0) is 13.6 Å². The fraction of sp³-hybridized carbons (Fsp3) is 0.312. The quantitative estimate of drug-likeness (QED) is 0.744. The third kappa shape index (κ3) is 2.39. The number of fused-ring (bicyclic) bond motifs is 1. The van der Waals surface area contributed by atoms with Crippen LogP contribution < -0.4 is 0 Å². The van der Waals surface area contributed by atoms with E-state index in [0.29, 0.717) is 18.2 Å². The number of pyridine rings is 1. The highest BCUT2D eigenvalue weighted by Gasteiger charge is 2.33. The van der Waals surface area contributed by atoms with Crippen molar-refractivity contribution < 1.29 is 4.79 Å². The molecule has 3 heterocycles. The summed E-state index contributed by atoms with van der Waals surface area (Å²) < 4.78 is 1.86. The Labute approximate surface area is 132 Å². The Balaban J connectivity index is 1.64. The van der Waals surface area contributed by atoms with Crippen LogP contribution in [0.25, 0.3) is 11.2 Å². The van der Waals surface area contributed by atoms with Crippen LogP contribution in [0.2, 0.25) is 0 Å². The molecule has 0 aliphatic heterocycles. The predicted octanol–water partition coefficient (Wildman–Crippen LogP) is 2.83. The van der Waals surface area contributed by atoms with Gasteiger partial charge in [0.2, 0.25) is 0 Å². The van der Waals surface area contributed by atoms with Crippen LogP contribution in [-0.4, -0.2) is 31.4 Å². The summed E-state index contributed by atoms with van der Waals surface area (Å²) in [6, 6.07) is 6.31. The number of rotatable bonds is 4. The normalized spacial score (nSPS) is 14.4. The number of hydrogen-bond donors (Lipinski definition) is 0. The topological polar surface area (TPSA) is 51.0 Å². The Bertz CT molecular complexity index is 820. The maximum Gasteiger partial charge on any atom is 0.256 e. The second-order valence-corrected chi connectivity index (χ2v) is 6.70. The van der Waals surface area contributed by atoms with Gasteiger partial charge < -0.3 is 9.47 Å². The number of imidazole rings is 1. The minimum atomic E-state index is 0.0518. The van der Waals surface area contributed by atoms with E-state index >= 15 is 0 Å². The Morgan fingerprint density at radius 3 is 3.05 bits per heavy atom. The molecule has 0 unspecified atom stereocenters. The van der Waals surface area contributed by atoms with E-state index in [1.165, 1.54) is 4.88 Å². The summed E-state index contributed by atoms with van der Waals surface area (Å²) in [5, 5.41) is 2.05. The Morgan fingerprint density at radius 1 is 1.45 bits per heavy atom.